The highest BCUT2D eigenvalue weighted by molar-refractivity contribution is 5.86. The van der Waals surface area contributed by atoms with Crippen LogP contribution in [0.3, 0.4) is 0 Å². The van der Waals surface area contributed by atoms with Crippen molar-refractivity contribution < 1.29 is 23.8 Å². The summed E-state index contributed by atoms with van der Waals surface area (Å²) in [4.78, 5) is 25.3. The van der Waals surface area contributed by atoms with Gasteiger partial charge < -0.3 is 14.7 Å². The van der Waals surface area contributed by atoms with E-state index in [-0.39, 0.29) is 36.1 Å². The number of carboxylic acids is 1. The molecule has 0 radical (unpaired) electrons. The van der Waals surface area contributed by atoms with Crippen LogP contribution in [0.4, 0.5) is 4.39 Å². The first kappa shape index (κ1) is 15.9. The van der Waals surface area contributed by atoms with Crippen molar-refractivity contribution in [2.75, 3.05) is 19.8 Å². The fourth-order valence-corrected chi connectivity index (χ4v) is 3.32. The Hall–Kier alpha value is -1.95. The summed E-state index contributed by atoms with van der Waals surface area (Å²) in [6.07, 6.45) is 1.98. The molecular formula is C17H20FNO4. The monoisotopic (exact) mass is 321 g/mol. The molecule has 5 nitrogen and oxygen atoms in total. The molecule has 1 aliphatic carbocycles. The molecule has 1 aliphatic heterocycles. The average Bonchev–Trinajstić information content (AvgIpc) is 3.33. The first-order valence-corrected chi connectivity index (χ1v) is 7.91. The minimum absolute atomic E-state index is 0.00524. The van der Waals surface area contributed by atoms with Gasteiger partial charge in [-0.2, -0.15) is 0 Å². The highest BCUT2D eigenvalue weighted by Crippen LogP contribution is 2.49. The van der Waals surface area contributed by atoms with Gasteiger partial charge in [-0.05, 0) is 42.9 Å². The average molecular weight is 321 g/mol. The number of nitrogens with zero attached hydrogens (tertiary/aromatic N) is 1. The van der Waals surface area contributed by atoms with Gasteiger partial charge in [0.25, 0.3) is 0 Å². The van der Waals surface area contributed by atoms with Crippen LogP contribution in [0.2, 0.25) is 0 Å². The van der Waals surface area contributed by atoms with Crippen LogP contribution in [0.25, 0.3) is 0 Å². The lowest BCUT2D eigenvalue weighted by Crippen LogP contribution is -2.46. The zero-order valence-corrected chi connectivity index (χ0v) is 12.8. The molecule has 1 saturated carbocycles. The fraction of sp³-hybridized carbons (Fsp3) is 0.529. The number of halogens is 1. The Morgan fingerprint density at radius 1 is 1.30 bits per heavy atom. The molecule has 0 aromatic heterocycles. The largest absolute Gasteiger partial charge is 0.480 e. The topological polar surface area (TPSA) is 66.8 Å². The number of carbonyl (C=O) groups is 2. The van der Waals surface area contributed by atoms with E-state index in [4.69, 9.17) is 9.84 Å². The normalized spacial score (nSPS) is 24.2. The number of hydrogen-bond acceptors (Lipinski definition) is 3. The molecule has 1 heterocycles. The number of carboxylic acid groups (broad SMARTS) is 1. The lowest BCUT2D eigenvalue weighted by atomic mass is 10.0. The number of benzene rings is 1. The molecule has 0 spiro atoms. The summed E-state index contributed by atoms with van der Waals surface area (Å²) in [5, 5.41) is 9.11. The van der Waals surface area contributed by atoms with Crippen molar-refractivity contribution in [3.8, 4) is 0 Å². The number of rotatable bonds is 5. The molecule has 0 unspecified atom stereocenters. The molecule has 1 aromatic carbocycles. The molecule has 1 aromatic rings. The molecule has 6 heteroatoms. The van der Waals surface area contributed by atoms with Gasteiger partial charge in [0.2, 0.25) is 5.91 Å². The van der Waals surface area contributed by atoms with E-state index in [9.17, 15) is 14.0 Å². The predicted octanol–water partition coefficient (Wildman–Crippen LogP) is 2.02. The Balaban J connectivity index is 1.70. The van der Waals surface area contributed by atoms with Crippen molar-refractivity contribution in [2.45, 2.75) is 31.2 Å². The Bertz CT molecular complexity index is 600. The standard InChI is InChI=1S/C17H20FNO4/c18-12-3-1-2-11(8-12)14-9-15(14)17(22)19(10-16(20)21)13-4-6-23-7-5-13/h1-3,8,13-15H,4-7,9-10H2,(H,20,21)/t14-,15-/m1/s1. The van der Waals surface area contributed by atoms with E-state index in [2.05, 4.69) is 0 Å². The van der Waals surface area contributed by atoms with Crippen molar-refractivity contribution in [1.82, 2.24) is 4.90 Å². The van der Waals surface area contributed by atoms with E-state index in [0.717, 1.165) is 5.56 Å². The van der Waals surface area contributed by atoms with Crippen LogP contribution in [0.15, 0.2) is 24.3 Å². The van der Waals surface area contributed by atoms with Crippen molar-refractivity contribution in [1.29, 1.82) is 0 Å². The first-order valence-electron chi connectivity index (χ1n) is 7.91. The number of ether oxygens (including phenoxy) is 1. The molecule has 1 saturated heterocycles. The second-order valence-corrected chi connectivity index (χ2v) is 6.21. The lowest BCUT2D eigenvalue weighted by molar-refractivity contribution is -0.148. The van der Waals surface area contributed by atoms with Crippen LogP contribution >= 0.6 is 0 Å². The molecule has 2 fully saturated rings. The molecule has 2 atom stereocenters. The van der Waals surface area contributed by atoms with Crippen LogP contribution in [0.5, 0.6) is 0 Å². The molecule has 2 aliphatic rings. The van der Waals surface area contributed by atoms with Crippen LogP contribution in [0, 0.1) is 11.7 Å². The predicted molar refractivity (Wildman–Crippen MR) is 80.4 cm³/mol. The summed E-state index contributed by atoms with van der Waals surface area (Å²) in [7, 11) is 0. The number of amides is 1. The summed E-state index contributed by atoms with van der Waals surface area (Å²) in [6.45, 7) is 0.813. The summed E-state index contributed by atoms with van der Waals surface area (Å²) in [5.41, 5.74) is 0.811. The van der Waals surface area contributed by atoms with E-state index < -0.39 is 5.97 Å². The van der Waals surface area contributed by atoms with Gasteiger partial charge >= 0.3 is 5.97 Å². The van der Waals surface area contributed by atoms with Gasteiger partial charge in [-0.15, -0.1) is 0 Å². The number of carbonyl (C=O) groups excluding carboxylic acids is 1. The molecular weight excluding hydrogens is 301 g/mol. The lowest BCUT2D eigenvalue weighted by Gasteiger charge is -2.33. The zero-order valence-electron chi connectivity index (χ0n) is 12.8. The van der Waals surface area contributed by atoms with E-state index in [1.54, 1.807) is 6.07 Å². The molecule has 3 rings (SSSR count). The second kappa shape index (κ2) is 6.66. The number of hydrogen-bond donors (Lipinski definition) is 1. The summed E-state index contributed by atoms with van der Waals surface area (Å²) < 4.78 is 18.6. The molecule has 1 amide bonds. The highest BCUT2D eigenvalue weighted by Gasteiger charge is 2.47. The van der Waals surface area contributed by atoms with E-state index in [1.807, 2.05) is 6.07 Å². The summed E-state index contributed by atoms with van der Waals surface area (Å²) in [5.74, 6) is -1.69. The fourth-order valence-electron chi connectivity index (χ4n) is 3.32. The van der Waals surface area contributed by atoms with Crippen molar-refractivity contribution in [3.63, 3.8) is 0 Å². The maximum atomic E-state index is 13.3. The Morgan fingerprint density at radius 3 is 2.70 bits per heavy atom. The number of aliphatic carboxylic acids is 1. The minimum Gasteiger partial charge on any atom is -0.480 e. The molecule has 23 heavy (non-hydrogen) atoms. The summed E-state index contributed by atoms with van der Waals surface area (Å²) in [6, 6.07) is 6.20. The Labute approximate surface area is 134 Å². The highest BCUT2D eigenvalue weighted by atomic mass is 19.1. The Kier molecular flexibility index (Phi) is 4.61. The van der Waals surface area contributed by atoms with Crippen molar-refractivity contribution in [2.24, 2.45) is 5.92 Å². The van der Waals surface area contributed by atoms with Gasteiger partial charge in [0.1, 0.15) is 12.4 Å². The maximum absolute atomic E-state index is 13.3. The van der Waals surface area contributed by atoms with Gasteiger partial charge in [-0.1, -0.05) is 12.1 Å². The van der Waals surface area contributed by atoms with Crippen LogP contribution in [0.1, 0.15) is 30.7 Å². The Morgan fingerprint density at radius 2 is 2.04 bits per heavy atom. The van der Waals surface area contributed by atoms with Gasteiger partial charge in [0, 0.05) is 25.2 Å². The van der Waals surface area contributed by atoms with E-state index in [0.29, 0.717) is 32.5 Å². The maximum Gasteiger partial charge on any atom is 0.323 e. The van der Waals surface area contributed by atoms with E-state index >= 15 is 0 Å². The smallest absolute Gasteiger partial charge is 0.323 e. The van der Waals surface area contributed by atoms with Crippen molar-refractivity contribution in [3.05, 3.63) is 35.6 Å². The van der Waals surface area contributed by atoms with Crippen LogP contribution in [-0.2, 0) is 14.3 Å². The summed E-state index contributed by atoms with van der Waals surface area (Å²) >= 11 is 0. The molecule has 124 valence electrons. The third-order valence-corrected chi connectivity index (χ3v) is 4.60. The first-order chi connectivity index (χ1) is 11.1. The second-order valence-electron chi connectivity index (χ2n) is 6.21. The minimum atomic E-state index is -1.01. The third kappa shape index (κ3) is 3.69. The molecule has 1 N–H and O–H groups in total. The zero-order chi connectivity index (χ0) is 16.4. The van der Waals surface area contributed by atoms with Gasteiger partial charge in [0.15, 0.2) is 0 Å². The van der Waals surface area contributed by atoms with E-state index in [1.165, 1.54) is 17.0 Å². The van der Waals surface area contributed by atoms with Gasteiger partial charge in [-0.3, -0.25) is 9.59 Å². The van der Waals surface area contributed by atoms with Crippen LogP contribution < -0.4 is 0 Å². The van der Waals surface area contributed by atoms with Gasteiger partial charge in [-0.25, -0.2) is 4.39 Å². The third-order valence-electron chi connectivity index (χ3n) is 4.60. The SMILES string of the molecule is O=C(O)CN(C(=O)[C@@H]1C[C@@H]1c1cccc(F)c1)C1CCOCC1. The van der Waals surface area contributed by atoms with Crippen molar-refractivity contribution >= 4 is 11.9 Å². The molecule has 0 bridgehead atoms. The van der Waals surface area contributed by atoms with Crippen LogP contribution in [-0.4, -0.2) is 47.7 Å². The quantitative estimate of drug-likeness (QED) is 0.901. The van der Waals surface area contributed by atoms with Gasteiger partial charge in [0.05, 0.1) is 0 Å².